The summed E-state index contributed by atoms with van der Waals surface area (Å²) in [7, 11) is 1.81. The Morgan fingerprint density at radius 3 is 2.54 bits per heavy atom. The fraction of sp³-hybridized carbons (Fsp3) is 0.360. The van der Waals surface area contributed by atoms with Gasteiger partial charge in [0, 0.05) is 30.2 Å². The number of anilines is 1. The zero-order valence-corrected chi connectivity index (χ0v) is 20.1. The number of carbonyl (C=O) groups excluding carboxylic acids is 3. The number of benzene rings is 2. The minimum Gasteiger partial charge on any atom is -0.444 e. The fourth-order valence-corrected chi connectivity index (χ4v) is 4.19. The molecule has 1 aliphatic rings. The first-order valence-electron chi connectivity index (χ1n) is 11.2. The molecule has 184 valence electrons. The van der Waals surface area contributed by atoms with Gasteiger partial charge >= 0.3 is 6.09 Å². The zero-order chi connectivity index (χ0) is 25.4. The Balaban J connectivity index is 1.59. The van der Waals surface area contributed by atoms with Crippen molar-refractivity contribution in [3.8, 4) is 11.3 Å². The molecule has 1 unspecified atom stereocenters. The highest BCUT2D eigenvalue weighted by molar-refractivity contribution is 6.03. The van der Waals surface area contributed by atoms with Crippen LogP contribution in [0.15, 0.2) is 42.5 Å². The van der Waals surface area contributed by atoms with Crippen LogP contribution in [0.1, 0.15) is 27.2 Å². The van der Waals surface area contributed by atoms with Gasteiger partial charge in [0.25, 0.3) is 5.91 Å². The standard InChI is InChI=1S/C25H28FN5O4/c1-24(2,3)35-23(34)31-12-11-25(14-31,27-15-32)22(33)28-18-9-10-20-19(13-18)21(29-30(20)4)16-5-7-17(26)8-6-16/h5-10,13,15H,11-12,14H2,1-4H3,(H,27,32)(H,28,33). The predicted octanol–water partition coefficient (Wildman–Crippen LogP) is 3.44. The van der Waals surface area contributed by atoms with Gasteiger partial charge in [0.2, 0.25) is 6.41 Å². The number of aromatic nitrogens is 2. The van der Waals surface area contributed by atoms with Crippen LogP contribution in [0.25, 0.3) is 22.2 Å². The molecule has 3 aromatic rings. The number of likely N-dealkylation sites (tertiary alicyclic amines) is 1. The molecule has 1 aromatic heterocycles. The van der Waals surface area contributed by atoms with E-state index in [1.807, 2.05) is 6.07 Å². The van der Waals surface area contributed by atoms with Crippen LogP contribution in [-0.2, 0) is 21.4 Å². The van der Waals surface area contributed by atoms with E-state index >= 15 is 0 Å². The quantitative estimate of drug-likeness (QED) is 0.543. The summed E-state index contributed by atoms with van der Waals surface area (Å²) in [5, 5.41) is 10.8. The number of rotatable bonds is 5. The van der Waals surface area contributed by atoms with Gasteiger partial charge in [-0.25, -0.2) is 9.18 Å². The summed E-state index contributed by atoms with van der Waals surface area (Å²) in [6.07, 6.45) is 0.169. The molecule has 1 fully saturated rings. The molecular weight excluding hydrogens is 453 g/mol. The second kappa shape index (κ2) is 9.01. The number of ether oxygens (including phenoxy) is 1. The minimum atomic E-state index is -1.29. The van der Waals surface area contributed by atoms with Crippen LogP contribution in [-0.4, -0.2) is 57.3 Å². The molecule has 0 aliphatic carbocycles. The summed E-state index contributed by atoms with van der Waals surface area (Å²) in [6, 6.07) is 11.4. The maximum Gasteiger partial charge on any atom is 0.410 e. The number of amides is 3. The van der Waals surface area contributed by atoms with Crippen LogP contribution in [0.4, 0.5) is 14.9 Å². The van der Waals surface area contributed by atoms with Crippen molar-refractivity contribution in [3.05, 3.63) is 48.3 Å². The number of hydrogen-bond acceptors (Lipinski definition) is 5. The summed E-state index contributed by atoms with van der Waals surface area (Å²) in [5.74, 6) is -0.783. The Hall–Kier alpha value is -3.95. The molecule has 9 nitrogen and oxygen atoms in total. The molecular formula is C25H28FN5O4. The Morgan fingerprint density at radius 2 is 1.89 bits per heavy atom. The molecule has 0 spiro atoms. The largest absolute Gasteiger partial charge is 0.444 e. The maximum absolute atomic E-state index is 13.4. The van der Waals surface area contributed by atoms with Crippen molar-refractivity contribution in [2.24, 2.45) is 7.05 Å². The highest BCUT2D eigenvalue weighted by Crippen LogP contribution is 2.31. The van der Waals surface area contributed by atoms with Gasteiger partial charge in [-0.1, -0.05) is 0 Å². The van der Waals surface area contributed by atoms with Crippen molar-refractivity contribution in [2.45, 2.75) is 38.3 Å². The number of aryl methyl sites for hydroxylation is 1. The molecule has 2 heterocycles. The normalized spacial score (nSPS) is 17.9. The van der Waals surface area contributed by atoms with E-state index < -0.39 is 23.1 Å². The average molecular weight is 482 g/mol. The molecule has 0 saturated carbocycles. The summed E-state index contributed by atoms with van der Waals surface area (Å²) in [6.45, 7) is 5.54. The summed E-state index contributed by atoms with van der Waals surface area (Å²) >= 11 is 0. The third kappa shape index (κ3) is 4.96. The summed E-state index contributed by atoms with van der Waals surface area (Å²) in [4.78, 5) is 38.6. The molecule has 2 aromatic carbocycles. The maximum atomic E-state index is 13.4. The first-order valence-corrected chi connectivity index (χ1v) is 11.2. The Labute approximate surface area is 202 Å². The number of halogens is 1. The summed E-state index contributed by atoms with van der Waals surface area (Å²) in [5.41, 5.74) is 0.758. The van der Waals surface area contributed by atoms with Crippen molar-refractivity contribution >= 4 is 35.0 Å². The highest BCUT2D eigenvalue weighted by Gasteiger charge is 2.47. The van der Waals surface area contributed by atoms with E-state index in [0.29, 0.717) is 17.8 Å². The number of hydrogen-bond donors (Lipinski definition) is 2. The van der Waals surface area contributed by atoms with Crippen LogP contribution >= 0.6 is 0 Å². The van der Waals surface area contributed by atoms with Gasteiger partial charge in [-0.05, 0) is 69.7 Å². The average Bonchev–Trinajstić information content (AvgIpc) is 3.36. The third-order valence-electron chi connectivity index (χ3n) is 5.92. The smallest absolute Gasteiger partial charge is 0.410 e. The van der Waals surface area contributed by atoms with E-state index in [1.54, 1.807) is 56.8 Å². The lowest BCUT2D eigenvalue weighted by molar-refractivity contribution is -0.125. The van der Waals surface area contributed by atoms with Crippen molar-refractivity contribution in [1.29, 1.82) is 0 Å². The second-order valence-corrected chi connectivity index (χ2v) is 9.66. The van der Waals surface area contributed by atoms with Gasteiger partial charge in [0.1, 0.15) is 22.7 Å². The fourth-order valence-electron chi connectivity index (χ4n) is 4.19. The number of carbonyl (C=O) groups is 3. The molecule has 10 heteroatoms. The first kappa shape index (κ1) is 24.2. The summed E-state index contributed by atoms with van der Waals surface area (Å²) < 4.78 is 20.5. The van der Waals surface area contributed by atoms with Crippen LogP contribution in [0.5, 0.6) is 0 Å². The monoisotopic (exact) mass is 481 g/mol. The van der Waals surface area contributed by atoms with Gasteiger partial charge in [0.15, 0.2) is 0 Å². The van der Waals surface area contributed by atoms with Gasteiger partial charge in [0.05, 0.1) is 12.1 Å². The lowest BCUT2D eigenvalue weighted by Gasteiger charge is -2.28. The first-order chi connectivity index (χ1) is 16.5. The molecule has 0 radical (unpaired) electrons. The number of nitrogens with zero attached hydrogens (tertiary/aromatic N) is 3. The number of fused-ring (bicyclic) bond motifs is 1. The lowest BCUT2D eigenvalue weighted by Crippen LogP contribution is -2.56. The van der Waals surface area contributed by atoms with E-state index in [2.05, 4.69) is 15.7 Å². The van der Waals surface area contributed by atoms with E-state index in [4.69, 9.17) is 4.74 Å². The Kier molecular flexibility index (Phi) is 6.23. The van der Waals surface area contributed by atoms with Crippen molar-refractivity contribution in [1.82, 2.24) is 20.0 Å². The SMILES string of the molecule is Cn1nc(-c2ccc(F)cc2)c2cc(NC(=O)C3(NC=O)CCN(C(=O)OC(C)(C)C)C3)ccc21. The van der Waals surface area contributed by atoms with Crippen molar-refractivity contribution < 1.29 is 23.5 Å². The topological polar surface area (TPSA) is 106 Å². The third-order valence-corrected chi connectivity index (χ3v) is 5.92. The molecule has 1 aliphatic heterocycles. The van der Waals surface area contributed by atoms with Gasteiger partial charge in [-0.2, -0.15) is 5.10 Å². The van der Waals surface area contributed by atoms with Crippen molar-refractivity contribution in [3.63, 3.8) is 0 Å². The molecule has 35 heavy (non-hydrogen) atoms. The van der Waals surface area contributed by atoms with Gasteiger partial charge < -0.3 is 20.3 Å². The molecule has 4 rings (SSSR count). The van der Waals surface area contributed by atoms with Crippen LogP contribution < -0.4 is 10.6 Å². The van der Waals surface area contributed by atoms with E-state index in [0.717, 1.165) is 16.5 Å². The number of nitrogens with one attached hydrogen (secondary N) is 2. The lowest BCUT2D eigenvalue weighted by atomic mass is 9.97. The molecule has 1 atom stereocenters. The van der Waals surface area contributed by atoms with Crippen LogP contribution in [0.2, 0.25) is 0 Å². The van der Waals surface area contributed by atoms with E-state index in [9.17, 15) is 18.8 Å². The predicted molar refractivity (Wildman–Crippen MR) is 129 cm³/mol. The molecule has 0 bridgehead atoms. The zero-order valence-electron chi connectivity index (χ0n) is 20.1. The van der Waals surface area contributed by atoms with E-state index in [1.165, 1.54) is 17.0 Å². The van der Waals surface area contributed by atoms with Crippen molar-refractivity contribution in [2.75, 3.05) is 18.4 Å². The molecule has 2 N–H and O–H groups in total. The Morgan fingerprint density at radius 1 is 1.17 bits per heavy atom. The second-order valence-electron chi connectivity index (χ2n) is 9.66. The van der Waals surface area contributed by atoms with Crippen LogP contribution in [0, 0.1) is 5.82 Å². The van der Waals surface area contributed by atoms with E-state index in [-0.39, 0.29) is 25.3 Å². The van der Waals surface area contributed by atoms with Gasteiger partial charge in [-0.15, -0.1) is 0 Å². The highest BCUT2D eigenvalue weighted by atomic mass is 19.1. The minimum absolute atomic E-state index is 0.0115. The molecule has 3 amide bonds. The van der Waals surface area contributed by atoms with Gasteiger partial charge in [-0.3, -0.25) is 14.3 Å². The van der Waals surface area contributed by atoms with Crippen LogP contribution in [0.3, 0.4) is 0 Å². The molecule has 1 saturated heterocycles. The Bertz CT molecular complexity index is 1280.